The molecule has 2 fully saturated rings. The van der Waals surface area contributed by atoms with Crippen molar-refractivity contribution in [2.45, 2.75) is 43.8 Å². The van der Waals surface area contributed by atoms with Crippen LogP contribution in [0.25, 0.3) is 0 Å². The highest BCUT2D eigenvalue weighted by Crippen LogP contribution is 2.44. The van der Waals surface area contributed by atoms with Crippen LogP contribution in [0.4, 0.5) is 8.78 Å². The van der Waals surface area contributed by atoms with Crippen LogP contribution in [0.5, 0.6) is 5.75 Å². The van der Waals surface area contributed by atoms with E-state index in [0.717, 1.165) is 0 Å². The molecular weight excluding hydrogens is 306 g/mol. The lowest BCUT2D eigenvalue weighted by Crippen LogP contribution is -2.29. The van der Waals surface area contributed by atoms with Gasteiger partial charge in [-0.2, -0.15) is 0 Å². The lowest BCUT2D eigenvalue weighted by molar-refractivity contribution is -0.141. The quantitative estimate of drug-likeness (QED) is 0.817. The summed E-state index contributed by atoms with van der Waals surface area (Å²) in [5, 5.41) is 10.0. The van der Waals surface area contributed by atoms with E-state index in [1.165, 1.54) is 0 Å². The largest absolute Gasteiger partial charge is 0.487 e. The van der Waals surface area contributed by atoms with E-state index in [2.05, 4.69) is 0 Å². The molecule has 2 aliphatic rings. The molecule has 4 atom stereocenters. The number of aliphatic hydroxyl groups is 1. The smallest absolute Gasteiger partial charge is 0.306 e. The van der Waals surface area contributed by atoms with Gasteiger partial charge in [-0.15, -0.1) is 0 Å². The van der Waals surface area contributed by atoms with Crippen molar-refractivity contribution >= 4 is 5.97 Å². The van der Waals surface area contributed by atoms with Crippen molar-refractivity contribution in [3.63, 3.8) is 0 Å². The number of carbonyl (C=O) groups excluding carboxylic acids is 1. The molecule has 1 aromatic carbocycles. The van der Waals surface area contributed by atoms with E-state index in [1.54, 1.807) is 30.3 Å². The fraction of sp³-hybridized carbons (Fsp3) is 0.588. The number of aliphatic hydroxyl groups excluding tert-OH is 1. The highest BCUT2D eigenvalue weighted by molar-refractivity contribution is 5.72. The maximum Gasteiger partial charge on any atom is 0.306 e. The fourth-order valence-electron chi connectivity index (χ4n) is 3.54. The fourth-order valence-corrected chi connectivity index (χ4v) is 3.54. The molecule has 23 heavy (non-hydrogen) atoms. The molecule has 0 amide bonds. The van der Waals surface area contributed by atoms with Gasteiger partial charge in [-0.3, -0.25) is 4.79 Å². The number of benzene rings is 1. The van der Waals surface area contributed by atoms with E-state index in [0.29, 0.717) is 12.2 Å². The summed E-state index contributed by atoms with van der Waals surface area (Å²) in [6.45, 7) is -0.691. The van der Waals surface area contributed by atoms with Crippen LogP contribution >= 0.6 is 0 Å². The van der Waals surface area contributed by atoms with Gasteiger partial charge in [0.15, 0.2) is 6.61 Å². The van der Waals surface area contributed by atoms with Crippen molar-refractivity contribution in [1.82, 2.24) is 0 Å². The zero-order valence-electron chi connectivity index (χ0n) is 12.7. The predicted molar refractivity (Wildman–Crippen MR) is 78.2 cm³/mol. The molecule has 6 heteroatoms. The molecule has 0 bridgehead atoms. The van der Waals surface area contributed by atoms with Crippen molar-refractivity contribution in [1.29, 1.82) is 0 Å². The summed E-state index contributed by atoms with van der Waals surface area (Å²) in [6, 6.07) is 8.48. The van der Waals surface area contributed by atoms with Crippen molar-refractivity contribution < 1.29 is 28.2 Å². The number of esters is 1. The van der Waals surface area contributed by atoms with Crippen LogP contribution in [-0.4, -0.2) is 35.8 Å². The second kappa shape index (κ2) is 6.43. The van der Waals surface area contributed by atoms with Gasteiger partial charge in [-0.1, -0.05) is 18.2 Å². The van der Waals surface area contributed by atoms with Crippen molar-refractivity contribution in [3.05, 3.63) is 30.3 Å². The van der Waals surface area contributed by atoms with Gasteiger partial charge in [-0.05, 0) is 24.5 Å². The molecule has 0 aromatic heterocycles. The second-order valence-electron chi connectivity index (χ2n) is 6.36. The summed E-state index contributed by atoms with van der Waals surface area (Å²) in [6.07, 6.45) is -0.630. The molecular formula is C17H20F2O4. The lowest BCUT2D eigenvalue weighted by Gasteiger charge is -2.23. The van der Waals surface area contributed by atoms with Gasteiger partial charge >= 0.3 is 5.97 Å². The zero-order chi connectivity index (χ0) is 16.4. The first-order valence-electron chi connectivity index (χ1n) is 7.88. The maximum atomic E-state index is 14.0. The summed E-state index contributed by atoms with van der Waals surface area (Å²) in [5.41, 5.74) is 0. The molecule has 126 valence electrons. The van der Waals surface area contributed by atoms with Gasteiger partial charge in [0.25, 0.3) is 5.92 Å². The molecule has 4 nitrogen and oxygen atoms in total. The number of hydrogen-bond acceptors (Lipinski definition) is 4. The number of fused-ring (bicyclic) bond motifs is 1. The monoisotopic (exact) mass is 326 g/mol. The minimum absolute atomic E-state index is 0.136. The summed E-state index contributed by atoms with van der Waals surface area (Å²) in [4.78, 5) is 11.3. The Bertz CT molecular complexity index is 549. The number of para-hydroxylation sites is 1. The molecule has 0 radical (unpaired) electrons. The molecule has 3 rings (SSSR count). The average molecular weight is 326 g/mol. The first kappa shape index (κ1) is 16.2. The van der Waals surface area contributed by atoms with Gasteiger partial charge in [0.2, 0.25) is 0 Å². The second-order valence-corrected chi connectivity index (χ2v) is 6.36. The Morgan fingerprint density at radius 3 is 2.78 bits per heavy atom. The van der Waals surface area contributed by atoms with Crippen LogP contribution in [0.2, 0.25) is 0 Å². The van der Waals surface area contributed by atoms with E-state index in [-0.39, 0.29) is 43.2 Å². The number of alkyl halides is 2. The molecule has 1 aliphatic carbocycles. The first-order valence-corrected chi connectivity index (χ1v) is 7.88. The van der Waals surface area contributed by atoms with Gasteiger partial charge in [0.1, 0.15) is 11.9 Å². The standard InChI is InChI=1S/C17H20F2O4/c18-17(19,10-22-11-4-2-1-3-5-11)7-6-12-13-8-16(21)23-15(13)9-14(12)20/h1-5,12-15,20H,6-10H2/t12-,13-,14-,15+/m1/s1. The number of ether oxygens (including phenoxy) is 2. The number of rotatable bonds is 6. The summed E-state index contributed by atoms with van der Waals surface area (Å²) < 4.78 is 38.2. The molecule has 0 spiro atoms. The van der Waals surface area contributed by atoms with E-state index in [1.807, 2.05) is 0 Å². The predicted octanol–water partition coefficient (Wildman–Crippen LogP) is 2.79. The third-order valence-electron chi connectivity index (χ3n) is 4.72. The molecule has 1 heterocycles. The normalized spacial score (nSPS) is 30.1. The van der Waals surface area contributed by atoms with Crippen LogP contribution in [0.15, 0.2) is 30.3 Å². The van der Waals surface area contributed by atoms with Crippen molar-refractivity contribution in [3.8, 4) is 5.75 Å². The van der Waals surface area contributed by atoms with Crippen LogP contribution in [0.1, 0.15) is 25.7 Å². The van der Waals surface area contributed by atoms with Crippen LogP contribution in [-0.2, 0) is 9.53 Å². The third-order valence-corrected chi connectivity index (χ3v) is 4.72. The van der Waals surface area contributed by atoms with Crippen LogP contribution in [0, 0.1) is 11.8 Å². The third kappa shape index (κ3) is 3.80. The minimum Gasteiger partial charge on any atom is -0.487 e. The first-order chi connectivity index (χ1) is 10.9. The summed E-state index contributed by atoms with van der Waals surface area (Å²) >= 11 is 0. The Labute approximate surface area is 133 Å². The Hall–Kier alpha value is -1.69. The number of hydrogen-bond donors (Lipinski definition) is 1. The molecule has 1 aromatic rings. The van der Waals surface area contributed by atoms with E-state index >= 15 is 0 Å². The molecule has 1 saturated carbocycles. The zero-order valence-corrected chi connectivity index (χ0v) is 12.7. The molecule has 0 unspecified atom stereocenters. The van der Waals surface area contributed by atoms with Gasteiger partial charge in [-0.25, -0.2) is 8.78 Å². The lowest BCUT2D eigenvalue weighted by atomic mass is 9.87. The molecule has 1 N–H and O–H groups in total. The van der Waals surface area contributed by atoms with Crippen molar-refractivity contribution in [2.24, 2.45) is 11.8 Å². The maximum absolute atomic E-state index is 14.0. The number of halogens is 2. The minimum atomic E-state index is -2.98. The Morgan fingerprint density at radius 1 is 1.30 bits per heavy atom. The Morgan fingerprint density at radius 2 is 2.04 bits per heavy atom. The van der Waals surface area contributed by atoms with Crippen LogP contribution in [0.3, 0.4) is 0 Å². The van der Waals surface area contributed by atoms with Crippen LogP contribution < -0.4 is 4.74 Å². The van der Waals surface area contributed by atoms with Gasteiger partial charge < -0.3 is 14.6 Å². The van der Waals surface area contributed by atoms with Gasteiger partial charge in [0, 0.05) is 18.8 Å². The Kier molecular flexibility index (Phi) is 4.53. The summed E-state index contributed by atoms with van der Waals surface area (Å²) in [5.74, 6) is -3.31. The topological polar surface area (TPSA) is 55.8 Å². The molecule has 1 aliphatic heterocycles. The number of carbonyl (C=O) groups is 1. The SMILES string of the molecule is O=C1C[C@@H]2[C@@H](CCC(F)(F)COc3ccccc3)[C@H](O)C[C@@H]2O1. The van der Waals surface area contributed by atoms with Crippen molar-refractivity contribution in [2.75, 3.05) is 6.61 Å². The van der Waals surface area contributed by atoms with E-state index < -0.39 is 18.6 Å². The average Bonchev–Trinajstić information content (AvgIpc) is 2.99. The van der Waals surface area contributed by atoms with E-state index in [4.69, 9.17) is 9.47 Å². The highest BCUT2D eigenvalue weighted by atomic mass is 19.3. The summed E-state index contributed by atoms with van der Waals surface area (Å²) in [7, 11) is 0. The molecule has 1 saturated heterocycles. The Balaban J connectivity index is 1.51. The van der Waals surface area contributed by atoms with E-state index in [9.17, 15) is 18.7 Å². The van der Waals surface area contributed by atoms with Gasteiger partial charge in [0.05, 0.1) is 12.5 Å². The highest BCUT2D eigenvalue weighted by Gasteiger charge is 2.50.